The molecule has 0 unspecified atom stereocenters. The van der Waals surface area contributed by atoms with Crippen molar-refractivity contribution in [1.82, 2.24) is 10.6 Å². The molecule has 2 fully saturated rings. The molecule has 0 aliphatic heterocycles. The number of carboxylic acids is 1. The van der Waals surface area contributed by atoms with E-state index in [0.717, 1.165) is 43.2 Å². The summed E-state index contributed by atoms with van der Waals surface area (Å²) in [5, 5.41) is 15.0. The number of benzene rings is 2. The van der Waals surface area contributed by atoms with Crippen LogP contribution in [-0.2, 0) is 14.3 Å². The van der Waals surface area contributed by atoms with Crippen LogP contribution in [0.3, 0.4) is 0 Å². The number of ether oxygens (including phenoxy) is 1. The van der Waals surface area contributed by atoms with E-state index in [4.69, 9.17) is 9.84 Å². The normalized spacial score (nSPS) is 18.7. The summed E-state index contributed by atoms with van der Waals surface area (Å²) in [6, 6.07) is 16.4. The summed E-state index contributed by atoms with van der Waals surface area (Å²) in [7, 11) is 0. The highest BCUT2D eigenvalue weighted by molar-refractivity contribution is 5.80. The van der Waals surface area contributed by atoms with Crippen LogP contribution in [0.1, 0.15) is 62.0 Å². The molecule has 34 heavy (non-hydrogen) atoms. The van der Waals surface area contributed by atoms with Crippen molar-refractivity contribution in [2.75, 3.05) is 13.2 Å². The Bertz CT molecular complexity index is 1070. The van der Waals surface area contributed by atoms with E-state index >= 15 is 0 Å². The van der Waals surface area contributed by atoms with Gasteiger partial charge in [-0.3, -0.25) is 9.59 Å². The van der Waals surface area contributed by atoms with Crippen LogP contribution in [0, 0.1) is 5.41 Å². The van der Waals surface area contributed by atoms with Crippen molar-refractivity contribution in [3.8, 4) is 11.1 Å². The number of nitrogens with one attached hydrogen (secondary N) is 2. The molecule has 0 spiro atoms. The molecule has 3 N–H and O–H groups in total. The van der Waals surface area contributed by atoms with Crippen molar-refractivity contribution in [2.24, 2.45) is 5.41 Å². The van der Waals surface area contributed by atoms with Gasteiger partial charge in [-0.05, 0) is 53.4 Å². The van der Waals surface area contributed by atoms with Crippen molar-refractivity contribution >= 4 is 18.0 Å². The second-order valence-electron chi connectivity index (χ2n) is 10.1. The molecule has 3 aliphatic carbocycles. The number of hydrogen-bond donors (Lipinski definition) is 3. The van der Waals surface area contributed by atoms with Gasteiger partial charge in [0.25, 0.3) is 0 Å². The molecule has 0 aromatic heterocycles. The Kier molecular flexibility index (Phi) is 5.80. The fourth-order valence-electron chi connectivity index (χ4n) is 5.42. The van der Waals surface area contributed by atoms with E-state index < -0.39 is 17.6 Å². The van der Waals surface area contributed by atoms with Crippen molar-refractivity contribution in [3.63, 3.8) is 0 Å². The summed E-state index contributed by atoms with van der Waals surface area (Å²) in [6.45, 7) is 0.610. The average Bonchev–Trinajstić information content (AvgIpc) is 3.46. The number of amides is 2. The Labute approximate surface area is 198 Å². The molecule has 178 valence electrons. The van der Waals surface area contributed by atoms with Crippen molar-refractivity contribution in [2.45, 2.75) is 56.4 Å². The van der Waals surface area contributed by atoms with Crippen LogP contribution in [0.5, 0.6) is 0 Å². The van der Waals surface area contributed by atoms with Gasteiger partial charge in [-0.25, -0.2) is 4.79 Å². The van der Waals surface area contributed by atoms with Gasteiger partial charge in [0.05, 0.1) is 12.0 Å². The van der Waals surface area contributed by atoms with Gasteiger partial charge in [-0.1, -0.05) is 55.0 Å². The third-order valence-electron chi connectivity index (χ3n) is 7.66. The van der Waals surface area contributed by atoms with Gasteiger partial charge in [-0.2, -0.15) is 0 Å². The van der Waals surface area contributed by atoms with Crippen molar-refractivity contribution in [3.05, 3.63) is 59.7 Å². The molecule has 0 bridgehead atoms. The van der Waals surface area contributed by atoms with E-state index in [-0.39, 0.29) is 36.7 Å². The first kappa shape index (κ1) is 22.4. The second kappa shape index (κ2) is 8.78. The maximum Gasteiger partial charge on any atom is 0.407 e. The molecule has 0 saturated heterocycles. The lowest BCUT2D eigenvalue weighted by molar-refractivity contribution is -0.142. The summed E-state index contributed by atoms with van der Waals surface area (Å²) in [5.41, 5.74) is 3.78. The maximum absolute atomic E-state index is 12.6. The Morgan fingerprint density at radius 3 is 2.06 bits per heavy atom. The van der Waals surface area contributed by atoms with E-state index in [1.165, 1.54) is 11.1 Å². The molecule has 7 heteroatoms. The highest BCUT2D eigenvalue weighted by atomic mass is 16.5. The fourth-order valence-corrected chi connectivity index (χ4v) is 5.42. The summed E-state index contributed by atoms with van der Waals surface area (Å²) in [4.78, 5) is 36.3. The van der Waals surface area contributed by atoms with Gasteiger partial charge in [0.2, 0.25) is 5.91 Å². The fraction of sp³-hybridized carbons (Fsp3) is 0.444. The number of rotatable bonds is 9. The molecule has 0 radical (unpaired) electrons. The van der Waals surface area contributed by atoms with E-state index in [1.54, 1.807) is 0 Å². The van der Waals surface area contributed by atoms with Gasteiger partial charge >= 0.3 is 12.1 Å². The number of carbonyl (C=O) groups excluding carboxylic acids is 2. The van der Waals surface area contributed by atoms with Gasteiger partial charge in [-0.15, -0.1) is 0 Å². The topological polar surface area (TPSA) is 105 Å². The third-order valence-corrected chi connectivity index (χ3v) is 7.66. The average molecular weight is 463 g/mol. The van der Waals surface area contributed by atoms with E-state index in [0.29, 0.717) is 6.54 Å². The highest BCUT2D eigenvalue weighted by Crippen LogP contribution is 2.45. The number of alkyl carbamates (subject to hydrolysis) is 1. The van der Waals surface area contributed by atoms with Crippen LogP contribution in [0.4, 0.5) is 4.79 Å². The molecule has 2 aromatic rings. The SMILES string of the molecule is O=C(O)CC1(CNC(=O)CC2(NC(=O)OCC3c4ccccc4-c4ccccc43)CC2)CCC1. The smallest absolute Gasteiger partial charge is 0.407 e. The molecule has 2 amide bonds. The summed E-state index contributed by atoms with van der Waals surface area (Å²) in [5.74, 6) is -0.998. The second-order valence-corrected chi connectivity index (χ2v) is 10.1. The van der Waals surface area contributed by atoms with Gasteiger partial charge < -0.3 is 20.5 Å². The number of carboxylic acid groups (broad SMARTS) is 1. The minimum atomic E-state index is -0.829. The van der Waals surface area contributed by atoms with Crippen LogP contribution in [0.25, 0.3) is 11.1 Å². The lowest BCUT2D eigenvalue weighted by Crippen LogP contribution is -2.46. The third kappa shape index (κ3) is 4.52. The zero-order valence-corrected chi connectivity index (χ0v) is 19.1. The monoisotopic (exact) mass is 462 g/mol. The molecule has 3 aliphatic rings. The largest absolute Gasteiger partial charge is 0.481 e. The first-order valence-electron chi connectivity index (χ1n) is 12.0. The zero-order valence-electron chi connectivity index (χ0n) is 19.1. The number of aliphatic carboxylic acids is 1. The van der Waals surface area contributed by atoms with Crippen LogP contribution in [0.15, 0.2) is 48.5 Å². The van der Waals surface area contributed by atoms with E-state index in [1.807, 2.05) is 24.3 Å². The Morgan fingerprint density at radius 1 is 0.912 bits per heavy atom. The van der Waals surface area contributed by atoms with Crippen LogP contribution >= 0.6 is 0 Å². The lowest BCUT2D eigenvalue weighted by atomic mass is 9.66. The molecule has 5 rings (SSSR count). The minimum Gasteiger partial charge on any atom is -0.481 e. The number of hydrogen-bond acceptors (Lipinski definition) is 4. The van der Waals surface area contributed by atoms with Crippen molar-refractivity contribution < 1.29 is 24.2 Å². The van der Waals surface area contributed by atoms with Crippen LogP contribution < -0.4 is 10.6 Å². The Balaban J connectivity index is 1.13. The van der Waals surface area contributed by atoms with Crippen molar-refractivity contribution in [1.29, 1.82) is 0 Å². The molecule has 2 saturated carbocycles. The molecule has 2 aromatic carbocycles. The Morgan fingerprint density at radius 2 is 1.53 bits per heavy atom. The van der Waals surface area contributed by atoms with Crippen LogP contribution in [-0.4, -0.2) is 41.8 Å². The zero-order chi connectivity index (χ0) is 23.8. The quantitative estimate of drug-likeness (QED) is 0.518. The number of fused-ring (bicyclic) bond motifs is 3. The maximum atomic E-state index is 12.6. The standard InChI is InChI=1S/C27H30N2O5/c30-23(28-17-26(10-5-11-26)15-24(31)32)14-27(12-13-27)29-25(33)34-16-22-20-8-3-1-6-18(20)19-7-2-4-9-21(19)22/h1-4,6-9,22H,5,10-17H2,(H,28,30)(H,29,33)(H,31,32). The Hall–Kier alpha value is -3.35. The first-order valence-corrected chi connectivity index (χ1v) is 12.0. The lowest BCUT2D eigenvalue weighted by Gasteiger charge is -2.41. The summed E-state index contributed by atoms with van der Waals surface area (Å²) >= 11 is 0. The van der Waals surface area contributed by atoms with Gasteiger partial charge in [0.15, 0.2) is 0 Å². The van der Waals surface area contributed by atoms with Gasteiger partial charge in [0, 0.05) is 18.9 Å². The summed E-state index contributed by atoms with van der Waals surface area (Å²) in [6.07, 6.45) is 3.85. The minimum absolute atomic E-state index is 0.00972. The predicted octanol–water partition coefficient (Wildman–Crippen LogP) is 4.21. The molecule has 0 heterocycles. The molecular formula is C27H30N2O5. The molecule has 7 nitrogen and oxygen atoms in total. The highest BCUT2D eigenvalue weighted by Gasteiger charge is 2.47. The van der Waals surface area contributed by atoms with Gasteiger partial charge in [0.1, 0.15) is 6.61 Å². The first-order chi connectivity index (χ1) is 16.4. The predicted molar refractivity (Wildman–Crippen MR) is 126 cm³/mol. The van der Waals surface area contributed by atoms with E-state index in [9.17, 15) is 14.4 Å². The van der Waals surface area contributed by atoms with Crippen LogP contribution in [0.2, 0.25) is 0 Å². The summed E-state index contributed by atoms with van der Waals surface area (Å²) < 4.78 is 5.63. The van der Waals surface area contributed by atoms with E-state index in [2.05, 4.69) is 34.9 Å². The molecular weight excluding hydrogens is 432 g/mol. The number of carbonyl (C=O) groups is 3. The molecule has 0 atom stereocenters.